The number of rotatable bonds is 7. The van der Waals surface area contributed by atoms with E-state index in [1.165, 1.54) is 12.8 Å². The third-order valence-electron chi connectivity index (χ3n) is 2.71. The molecule has 0 amide bonds. The zero-order valence-electron chi connectivity index (χ0n) is 9.78. The van der Waals surface area contributed by atoms with E-state index in [9.17, 15) is 0 Å². The molecule has 1 aliphatic heterocycles. The minimum Gasteiger partial charge on any atom is -0.393 e. The highest BCUT2D eigenvalue weighted by Gasteiger charge is 2.13. The van der Waals surface area contributed by atoms with Crippen molar-refractivity contribution in [3.8, 4) is 0 Å². The van der Waals surface area contributed by atoms with Crippen molar-refractivity contribution in [2.24, 2.45) is 0 Å². The van der Waals surface area contributed by atoms with Crippen LogP contribution in [0.2, 0.25) is 0 Å². The van der Waals surface area contributed by atoms with Crippen molar-refractivity contribution in [3.63, 3.8) is 0 Å². The van der Waals surface area contributed by atoms with Crippen LogP contribution in [0.1, 0.15) is 51.9 Å². The maximum atomic E-state index is 9.06. The molecule has 2 unspecified atom stereocenters. The molecule has 0 aromatic rings. The van der Waals surface area contributed by atoms with Crippen molar-refractivity contribution in [1.29, 1.82) is 0 Å². The van der Waals surface area contributed by atoms with Gasteiger partial charge in [0.2, 0.25) is 0 Å². The lowest BCUT2D eigenvalue weighted by molar-refractivity contribution is -0.162. The zero-order valence-corrected chi connectivity index (χ0v) is 9.78. The maximum absolute atomic E-state index is 9.06. The largest absolute Gasteiger partial charge is 0.393 e. The van der Waals surface area contributed by atoms with Crippen molar-refractivity contribution in [3.05, 3.63) is 0 Å². The summed E-state index contributed by atoms with van der Waals surface area (Å²) in [5.41, 5.74) is 0. The Balaban J connectivity index is 1.83. The van der Waals surface area contributed by atoms with Gasteiger partial charge in [0.25, 0.3) is 0 Å². The fourth-order valence-electron chi connectivity index (χ4n) is 1.78. The number of unbranched alkanes of at least 4 members (excludes halogenated alkanes) is 2. The van der Waals surface area contributed by atoms with Crippen LogP contribution < -0.4 is 0 Å². The van der Waals surface area contributed by atoms with Gasteiger partial charge in [0.1, 0.15) is 0 Å². The van der Waals surface area contributed by atoms with Crippen LogP contribution in [0.3, 0.4) is 0 Å². The number of aliphatic hydroxyl groups excluding tert-OH is 1. The van der Waals surface area contributed by atoms with E-state index < -0.39 is 0 Å². The summed E-state index contributed by atoms with van der Waals surface area (Å²) in [5, 5.41) is 9.06. The molecule has 90 valence electrons. The number of hydrogen-bond donors (Lipinski definition) is 1. The van der Waals surface area contributed by atoms with Crippen LogP contribution in [0.15, 0.2) is 0 Å². The molecular weight excluding hydrogens is 192 g/mol. The molecule has 0 aromatic heterocycles. The first kappa shape index (κ1) is 12.9. The zero-order chi connectivity index (χ0) is 10.9. The highest BCUT2D eigenvalue weighted by Crippen LogP contribution is 2.14. The molecule has 1 aliphatic rings. The number of hydrogen-bond acceptors (Lipinski definition) is 3. The van der Waals surface area contributed by atoms with E-state index in [4.69, 9.17) is 14.6 Å². The minimum absolute atomic E-state index is 0.0514. The normalized spacial score (nSPS) is 24.0. The number of ether oxygens (including phenoxy) is 2. The Labute approximate surface area is 92.8 Å². The molecule has 0 spiro atoms. The molecule has 15 heavy (non-hydrogen) atoms. The van der Waals surface area contributed by atoms with Crippen molar-refractivity contribution in [2.75, 3.05) is 13.2 Å². The molecule has 1 saturated heterocycles. The SMILES string of the molecule is CC(O)CCCCCOC1CCCCO1. The molecule has 0 bridgehead atoms. The van der Waals surface area contributed by atoms with Crippen LogP contribution in [-0.2, 0) is 9.47 Å². The topological polar surface area (TPSA) is 38.7 Å². The first-order valence-electron chi connectivity index (χ1n) is 6.20. The van der Waals surface area contributed by atoms with Gasteiger partial charge in [-0.15, -0.1) is 0 Å². The van der Waals surface area contributed by atoms with Gasteiger partial charge in [-0.3, -0.25) is 0 Å². The van der Waals surface area contributed by atoms with Crippen LogP contribution in [0, 0.1) is 0 Å². The van der Waals surface area contributed by atoms with E-state index in [-0.39, 0.29) is 12.4 Å². The van der Waals surface area contributed by atoms with Gasteiger partial charge in [-0.25, -0.2) is 0 Å². The first-order valence-corrected chi connectivity index (χ1v) is 6.20. The molecular formula is C12H24O3. The van der Waals surface area contributed by atoms with Crippen LogP contribution in [0.4, 0.5) is 0 Å². The van der Waals surface area contributed by atoms with Crippen LogP contribution in [0.5, 0.6) is 0 Å². The molecule has 1 fully saturated rings. The molecule has 1 N–H and O–H groups in total. The summed E-state index contributed by atoms with van der Waals surface area (Å²) in [7, 11) is 0. The predicted molar refractivity (Wildman–Crippen MR) is 59.7 cm³/mol. The molecule has 0 radical (unpaired) electrons. The Kier molecular flexibility index (Phi) is 6.98. The van der Waals surface area contributed by atoms with E-state index in [2.05, 4.69) is 0 Å². The monoisotopic (exact) mass is 216 g/mol. The average molecular weight is 216 g/mol. The van der Waals surface area contributed by atoms with Gasteiger partial charge >= 0.3 is 0 Å². The predicted octanol–water partition coefficient (Wildman–Crippen LogP) is 2.47. The lowest BCUT2D eigenvalue weighted by Gasteiger charge is -2.22. The fourth-order valence-corrected chi connectivity index (χ4v) is 1.78. The van der Waals surface area contributed by atoms with Crippen LogP contribution in [0.25, 0.3) is 0 Å². The van der Waals surface area contributed by atoms with Gasteiger partial charge < -0.3 is 14.6 Å². The highest BCUT2D eigenvalue weighted by molar-refractivity contribution is 4.54. The standard InChI is InChI=1S/C12H24O3/c1-11(13)7-3-2-5-9-14-12-8-4-6-10-15-12/h11-13H,2-10H2,1H3. The third kappa shape index (κ3) is 6.88. The van der Waals surface area contributed by atoms with E-state index in [0.29, 0.717) is 0 Å². The van der Waals surface area contributed by atoms with Crippen molar-refractivity contribution in [1.82, 2.24) is 0 Å². The second-order valence-corrected chi connectivity index (χ2v) is 4.37. The summed E-state index contributed by atoms with van der Waals surface area (Å²) in [6.45, 7) is 3.49. The Morgan fingerprint density at radius 3 is 2.87 bits per heavy atom. The van der Waals surface area contributed by atoms with Crippen LogP contribution >= 0.6 is 0 Å². The van der Waals surface area contributed by atoms with Gasteiger partial charge in [0.15, 0.2) is 6.29 Å². The first-order chi connectivity index (χ1) is 7.29. The summed E-state index contributed by atoms with van der Waals surface area (Å²) in [5.74, 6) is 0. The molecule has 1 heterocycles. The van der Waals surface area contributed by atoms with E-state index in [0.717, 1.165) is 45.3 Å². The lowest BCUT2D eigenvalue weighted by Crippen LogP contribution is -2.22. The van der Waals surface area contributed by atoms with Crippen LogP contribution in [-0.4, -0.2) is 30.7 Å². The molecule has 3 nitrogen and oxygen atoms in total. The van der Waals surface area contributed by atoms with E-state index in [1.54, 1.807) is 0 Å². The Morgan fingerprint density at radius 1 is 1.33 bits per heavy atom. The second kappa shape index (κ2) is 8.08. The summed E-state index contributed by atoms with van der Waals surface area (Å²) in [4.78, 5) is 0. The molecule has 0 saturated carbocycles. The Morgan fingerprint density at radius 2 is 2.20 bits per heavy atom. The Hall–Kier alpha value is -0.120. The maximum Gasteiger partial charge on any atom is 0.157 e. The summed E-state index contributed by atoms with van der Waals surface area (Å²) >= 11 is 0. The third-order valence-corrected chi connectivity index (χ3v) is 2.71. The van der Waals surface area contributed by atoms with Crippen molar-refractivity contribution in [2.45, 2.75) is 64.3 Å². The van der Waals surface area contributed by atoms with Gasteiger partial charge in [-0.1, -0.05) is 12.8 Å². The molecule has 0 aliphatic carbocycles. The lowest BCUT2D eigenvalue weighted by atomic mass is 10.1. The van der Waals surface area contributed by atoms with Crippen molar-refractivity contribution >= 4 is 0 Å². The molecule has 1 rings (SSSR count). The molecule has 3 heteroatoms. The number of aliphatic hydroxyl groups is 1. The summed E-state index contributed by atoms with van der Waals surface area (Å²) in [6, 6.07) is 0. The Bertz CT molecular complexity index is 142. The summed E-state index contributed by atoms with van der Waals surface area (Å²) in [6.07, 6.45) is 7.55. The van der Waals surface area contributed by atoms with Gasteiger partial charge in [-0.05, 0) is 39.0 Å². The van der Waals surface area contributed by atoms with Gasteiger partial charge in [0.05, 0.1) is 6.10 Å². The minimum atomic E-state index is -0.160. The van der Waals surface area contributed by atoms with E-state index in [1.807, 2.05) is 6.92 Å². The average Bonchev–Trinajstić information content (AvgIpc) is 2.24. The van der Waals surface area contributed by atoms with Crippen molar-refractivity contribution < 1.29 is 14.6 Å². The summed E-state index contributed by atoms with van der Waals surface area (Å²) < 4.78 is 11.1. The quantitative estimate of drug-likeness (QED) is 0.664. The van der Waals surface area contributed by atoms with Gasteiger partial charge in [0, 0.05) is 13.2 Å². The highest BCUT2D eigenvalue weighted by atomic mass is 16.7. The van der Waals surface area contributed by atoms with Gasteiger partial charge in [-0.2, -0.15) is 0 Å². The smallest absolute Gasteiger partial charge is 0.157 e. The van der Waals surface area contributed by atoms with E-state index >= 15 is 0 Å². The second-order valence-electron chi connectivity index (χ2n) is 4.37. The fraction of sp³-hybridized carbons (Fsp3) is 1.00. The molecule has 0 aromatic carbocycles. The molecule has 2 atom stereocenters.